The lowest BCUT2D eigenvalue weighted by Gasteiger charge is -2.17. The standard InChI is InChI=1S/C13H11IO7/c14-7-3-1-6(2-4-7)12(18)20-5-8(15)11-9(16)10(17)13(19)21-11/h1-4,8,11,15-17H,5H2/t8-,11+/m0/s1. The SMILES string of the molecule is O=C1O[C@H]([C@@H](O)COC(=O)c2ccc(I)cc2)C(O)=C1O. The second-order valence-electron chi connectivity index (χ2n) is 4.23. The summed E-state index contributed by atoms with van der Waals surface area (Å²) in [6, 6.07) is 6.57. The molecule has 0 aliphatic carbocycles. The molecule has 0 fully saturated rings. The predicted molar refractivity (Wildman–Crippen MR) is 77.6 cm³/mol. The number of benzene rings is 1. The van der Waals surface area contributed by atoms with Gasteiger partial charge >= 0.3 is 11.9 Å². The van der Waals surface area contributed by atoms with Crippen LogP contribution in [0.15, 0.2) is 35.8 Å². The first kappa shape index (κ1) is 15.6. The molecule has 1 aliphatic heterocycles. The Labute approximate surface area is 132 Å². The van der Waals surface area contributed by atoms with Crippen LogP contribution < -0.4 is 0 Å². The number of carbonyl (C=O) groups excluding carboxylic acids is 2. The second kappa shape index (κ2) is 6.31. The summed E-state index contributed by atoms with van der Waals surface area (Å²) in [7, 11) is 0. The number of halogens is 1. The molecule has 3 N–H and O–H groups in total. The zero-order valence-corrected chi connectivity index (χ0v) is 12.7. The van der Waals surface area contributed by atoms with Crippen molar-refractivity contribution in [2.75, 3.05) is 6.61 Å². The van der Waals surface area contributed by atoms with Crippen LogP contribution in [0.3, 0.4) is 0 Å². The third kappa shape index (κ3) is 3.45. The Balaban J connectivity index is 1.93. The van der Waals surface area contributed by atoms with Crippen LogP contribution in [0.25, 0.3) is 0 Å². The molecule has 0 saturated heterocycles. The fraction of sp³-hybridized carbons (Fsp3) is 0.231. The highest BCUT2D eigenvalue weighted by Crippen LogP contribution is 2.21. The number of aliphatic hydroxyl groups excluding tert-OH is 3. The molecule has 1 aliphatic rings. The van der Waals surface area contributed by atoms with Crippen LogP contribution in [-0.4, -0.2) is 46.1 Å². The summed E-state index contributed by atoms with van der Waals surface area (Å²) >= 11 is 2.09. The van der Waals surface area contributed by atoms with Gasteiger partial charge in [0.15, 0.2) is 11.9 Å². The van der Waals surface area contributed by atoms with Gasteiger partial charge in [-0.15, -0.1) is 0 Å². The van der Waals surface area contributed by atoms with Crippen LogP contribution in [0.5, 0.6) is 0 Å². The normalized spacial score (nSPS) is 19.3. The van der Waals surface area contributed by atoms with E-state index in [1.807, 2.05) is 0 Å². The van der Waals surface area contributed by atoms with E-state index in [-0.39, 0.29) is 0 Å². The Kier molecular flexibility index (Phi) is 4.68. The smallest absolute Gasteiger partial charge is 0.377 e. The molecule has 0 radical (unpaired) electrons. The summed E-state index contributed by atoms with van der Waals surface area (Å²) in [6.07, 6.45) is -2.92. The Hall–Kier alpha value is -1.81. The zero-order valence-electron chi connectivity index (χ0n) is 10.5. The molecule has 0 unspecified atom stereocenters. The van der Waals surface area contributed by atoms with Crippen molar-refractivity contribution in [3.8, 4) is 0 Å². The maximum Gasteiger partial charge on any atom is 0.377 e. The molecule has 0 saturated carbocycles. The molecule has 0 aromatic heterocycles. The van der Waals surface area contributed by atoms with E-state index < -0.39 is 42.3 Å². The molecule has 0 spiro atoms. The summed E-state index contributed by atoms with van der Waals surface area (Å²) in [6.45, 7) is -0.500. The van der Waals surface area contributed by atoms with E-state index in [0.717, 1.165) is 3.57 Å². The first-order valence-electron chi connectivity index (χ1n) is 5.84. The van der Waals surface area contributed by atoms with Gasteiger partial charge < -0.3 is 24.8 Å². The summed E-state index contributed by atoms with van der Waals surface area (Å²) in [5.74, 6) is -3.54. The average Bonchev–Trinajstić information content (AvgIpc) is 2.73. The third-order valence-electron chi connectivity index (χ3n) is 2.75. The lowest BCUT2D eigenvalue weighted by Crippen LogP contribution is -2.33. The van der Waals surface area contributed by atoms with Crippen LogP contribution in [0, 0.1) is 3.57 Å². The highest BCUT2D eigenvalue weighted by Gasteiger charge is 2.39. The van der Waals surface area contributed by atoms with Crippen LogP contribution in [0.1, 0.15) is 10.4 Å². The largest absolute Gasteiger partial charge is 0.505 e. The van der Waals surface area contributed by atoms with E-state index in [0.29, 0.717) is 5.56 Å². The fourth-order valence-electron chi connectivity index (χ4n) is 1.64. The Morgan fingerprint density at radius 2 is 1.95 bits per heavy atom. The van der Waals surface area contributed by atoms with Crippen LogP contribution in [0.4, 0.5) is 0 Å². The second-order valence-corrected chi connectivity index (χ2v) is 5.48. The van der Waals surface area contributed by atoms with Gasteiger partial charge in [0.1, 0.15) is 12.7 Å². The first-order chi connectivity index (χ1) is 9.90. The van der Waals surface area contributed by atoms with Crippen molar-refractivity contribution < 1.29 is 34.4 Å². The van der Waals surface area contributed by atoms with Gasteiger partial charge in [0.25, 0.3) is 0 Å². The Bertz CT molecular complexity index is 593. The molecular weight excluding hydrogens is 395 g/mol. The molecule has 112 valence electrons. The average molecular weight is 406 g/mol. The molecule has 1 aromatic rings. The summed E-state index contributed by atoms with van der Waals surface area (Å²) in [5, 5.41) is 28.2. The number of hydrogen-bond acceptors (Lipinski definition) is 7. The van der Waals surface area contributed by atoms with Gasteiger partial charge in [0.2, 0.25) is 5.76 Å². The van der Waals surface area contributed by atoms with Crippen molar-refractivity contribution in [2.45, 2.75) is 12.2 Å². The van der Waals surface area contributed by atoms with E-state index >= 15 is 0 Å². The van der Waals surface area contributed by atoms with Crippen LogP contribution in [-0.2, 0) is 14.3 Å². The molecule has 8 heteroatoms. The summed E-state index contributed by atoms with van der Waals surface area (Å²) in [5.41, 5.74) is 0.300. The minimum absolute atomic E-state index is 0.300. The van der Waals surface area contributed by atoms with Crippen molar-refractivity contribution in [3.05, 3.63) is 44.9 Å². The van der Waals surface area contributed by atoms with Gasteiger partial charge in [-0.05, 0) is 46.9 Å². The molecule has 2 atom stereocenters. The summed E-state index contributed by atoms with van der Waals surface area (Å²) < 4.78 is 10.4. The van der Waals surface area contributed by atoms with E-state index in [2.05, 4.69) is 27.3 Å². The number of cyclic esters (lactones) is 1. The highest BCUT2D eigenvalue weighted by molar-refractivity contribution is 14.1. The van der Waals surface area contributed by atoms with Gasteiger partial charge in [-0.25, -0.2) is 9.59 Å². The molecular formula is C13H11IO7. The molecule has 0 amide bonds. The molecule has 7 nitrogen and oxygen atoms in total. The van der Waals surface area contributed by atoms with E-state index in [9.17, 15) is 19.8 Å². The van der Waals surface area contributed by atoms with Gasteiger partial charge in [-0.3, -0.25) is 0 Å². The zero-order chi connectivity index (χ0) is 15.6. The molecule has 0 bridgehead atoms. The topological polar surface area (TPSA) is 113 Å². The van der Waals surface area contributed by atoms with Gasteiger partial charge in [0, 0.05) is 3.57 Å². The fourth-order valence-corrected chi connectivity index (χ4v) is 2.00. The number of ether oxygens (including phenoxy) is 2. The monoisotopic (exact) mass is 406 g/mol. The minimum atomic E-state index is -1.48. The van der Waals surface area contributed by atoms with Crippen molar-refractivity contribution in [1.82, 2.24) is 0 Å². The number of carbonyl (C=O) groups is 2. The maximum atomic E-state index is 11.7. The maximum absolute atomic E-state index is 11.7. The molecule has 21 heavy (non-hydrogen) atoms. The lowest BCUT2D eigenvalue weighted by atomic mass is 10.2. The van der Waals surface area contributed by atoms with Crippen LogP contribution in [0.2, 0.25) is 0 Å². The van der Waals surface area contributed by atoms with Gasteiger partial charge in [-0.2, -0.15) is 0 Å². The van der Waals surface area contributed by atoms with Crippen LogP contribution >= 0.6 is 22.6 Å². The number of hydrogen-bond donors (Lipinski definition) is 3. The third-order valence-corrected chi connectivity index (χ3v) is 3.47. The Morgan fingerprint density at radius 3 is 2.48 bits per heavy atom. The van der Waals surface area contributed by atoms with E-state index in [1.165, 1.54) is 0 Å². The first-order valence-corrected chi connectivity index (χ1v) is 6.92. The molecule has 1 heterocycles. The minimum Gasteiger partial charge on any atom is -0.505 e. The van der Waals surface area contributed by atoms with Crippen molar-refractivity contribution in [2.24, 2.45) is 0 Å². The van der Waals surface area contributed by atoms with E-state index in [4.69, 9.17) is 9.84 Å². The number of aliphatic hydroxyl groups is 3. The number of esters is 2. The Morgan fingerprint density at radius 1 is 1.33 bits per heavy atom. The highest BCUT2D eigenvalue weighted by atomic mass is 127. The summed E-state index contributed by atoms with van der Waals surface area (Å²) in [4.78, 5) is 22.7. The van der Waals surface area contributed by atoms with Crippen molar-refractivity contribution in [3.63, 3.8) is 0 Å². The quantitative estimate of drug-likeness (QED) is 0.506. The lowest BCUT2D eigenvalue weighted by molar-refractivity contribution is -0.147. The van der Waals surface area contributed by atoms with Crippen molar-refractivity contribution >= 4 is 34.5 Å². The van der Waals surface area contributed by atoms with Gasteiger partial charge in [0.05, 0.1) is 5.56 Å². The van der Waals surface area contributed by atoms with Crippen molar-refractivity contribution in [1.29, 1.82) is 0 Å². The molecule has 1 aromatic carbocycles. The number of rotatable bonds is 4. The van der Waals surface area contributed by atoms with E-state index in [1.54, 1.807) is 24.3 Å². The molecule has 2 rings (SSSR count). The van der Waals surface area contributed by atoms with Gasteiger partial charge in [-0.1, -0.05) is 0 Å². The predicted octanol–water partition coefficient (Wildman–Crippen LogP) is 1.06.